The number of nitrogens with zero attached hydrogens (tertiary/aromatic N) is 4. The van der Waals surface area contributed by atoms with E-state index in [1.165, 1.54) is 0 Å². The molecule has 6 nitrogen and oxygen atoms in total. The van der Waals surface area contributed by atoms with Gasteiger partial charge in [-0.15, -0.1) is 0 Å². The SMILES string of the molecule is Cc1nn(-c2ccccc2)c(C)c1NC(=O)N1CCN(C(C)c2ccccc2Cl)CC1. The van der Waals surface area contributed by atoms with Gasteiger partial charge in [-0.05, 0) is 44.5 Å². The Kier molecular flexibility index (Phi) is 6.30. The Morgan fingerprint density at radius 1 is 1.00 bits per heavy atom. The van der Waals surface area contributed by atoms with Crippen LogP contribution in [0.15, 0.2) is 54.6 Å². The number of benzene rings is 2. The van der Waals surface area contributed by atoms with E-state index in [4.69, 9.17) is 11.6 Å². The van der Waals surface area contributed by atoms with Crippen LogP contribution in [0.2, 0.25) is 5.02 Å². The monoisotopic (exact) mass is 437 g/mol. The lowest BCUT2D eigenvalue weighted by Gasteiger charge is -2.38. The number of hydrogen-bond acceptors (Lipinski definition) is 3. The van der Waals surface area contributed by atoms with Gasteiger partial charge in [-0.1, -0.05) is 48.0 Å². The summed E-state index contributed by atoms with van der Waals surface area (Å²) < 4.78 is 1.87. The van der Waals surface area contributed by atoms with Crippen molar-refractivity contribution in [2.75, 3.05) is 31.5 Å². The summed E-state index contributed by atoms with van der Waals surface area (Å²) in [6.45, 7) is 9.03. The number of urea groups is 1. The molecule has 1 aromatic heterocycles. The zero-order valence-corrected chi connectivity index (χ0v) is 18.9. The van der Waals surface area contributed by atoms with E-state index in [-0.39, 0.29) is 12.1 Å². The standard InChI is InChI=1S/C24H28ClN5O/c1-17-23(19(3)30(27-17)20-9-5-4-6-10-20)26-24(31)29-15-13-28(14-16-29)18(2)21-11-7-8-12-22(21)25/h4-12,18H,13-16H2,1-3H3,(H,26,31). The van der Waals surface area contributed by atoms with Crippen LogP contribution >= 0.6 is 11.6 Å². The number of nitrogens with one attached hydrogen (secondary N) is 1. The number of carbonyl (C=O) groups excluding carboxylic acids is 1. The van der Waals surface area contributed by atoms with Gasteiger partial charge in [0, 0.05) is 37.2 Å². The van der Waals surface area contributed by atoms with E-state index in [1.54, 1.807) is 0 Å². The third-order valence-electron chi connectivity index (χ3n) is 6.03. The van der Waals surface area contributed by atoms with Crippen LogP contribution in [0.25, 0.3) is 5.69 Å². The number of aryl methyl sites for hydroxylation is 1. The molecule has 0 spiro atoms. The predicted molar refractivity (Wildman–Crippen MR) is 125 cm³/mol. The molecule has 1 N–H and O–H groups in total. The second-order valence-corrected chi connectivity index (χ2v) is 8.35. The molecule has 1 unspecified atom stereocenters. The first-order valence-corrected chi connectivity index (χ1v) is 11.0. The molecule has 4 rings (SSSR count). The third-order valence-corrected chi connectivity index (χ3v) is 6.37. The van der Waals surface area contributed by atoms with Gasteiger partial charge < -0.3 is 10.2 Å². The molecule has 2 amide bonds. The van der Waals surface area contributed by atoms with Crippen molar-refractivity contribution in [2.24, 2.45) is 0 Å². The smallest absolute Gasteiger partial charge is 0.322 e. The van der Waals surface area contributed by atoms with Gasteiger partial charge in [-0.3, -0.25) is 4.90 Å². The number of amides is 2. The Hall–Kier alpha value is -2.83. The molecule has 162 valence electrons. The lowest BCUT2D eigenvalue weighted by atomic mass is 10.1. The maximum atomic E-state index is 13.0. The van der Waals surface area contributed by atoms with E-state index >= 15 is 0 Å². The van der Waals surface area contributed by atoms with Gasteiger partial charge in [-0.25, -0.2) is 9.48 Å². The van der Waals surface area contributed by atoms with Crippen LogP contribution < -0.4 is 5.32 Å². The average Bonchev–Trinajstić information content (AvgIpc) is 3.08. The molecule has 0 bridgehead atoms. The minimum Gasteiger partial charge on any atom is -0.322 e. The molecule has 0 saturated carbocycles. The quantitative estimate of drug-likeness (QED) is 0.621. The predicted octanol–water partition coefficient (Wildman–Crippen LogP) is 5.05. The molecule has 1 aliphatic heterocycles. The molecular weight excluding hydrogens is 410 g/mol. The van der Waals surface area contributed by atoms with Gasteiger partial charge in [0.25, 0.3) is 0 Å². The highest BCUT2D eigenvalue weighted by Crippen LogP contribution is 2.28. The second kappa shape index (κ2) is 9.12. The summed E-state index contributed by atoms with van der Waals surface area (Å²) in [6, 6.07) is 18.0. The molecule has 31 heavy (non-hydrogen) atoms. The molecular formula is C24H28ClN5O. The van der Waals surface area contributed by atoms with Crippen LogP contribution in [0, 0.1) is 13.8 Å². The van der Waals surface area contributed by atoms with E-state index in [2.05, 4.69) is 28.3 Å². The van der Waals surface area contributed by atoms with E-state index in [0.717, 1.165) is 46.4 Å². The van der Waals surface area contributed by atoms with Crippen molar-refractivity contribution in [3.05, 3.63) is 76.6 Å². The van der Waals surface area contributed by atoms with Gasteiger partial charge in [0.1, 0.15) is 0 Å². The highest BCUT2D eigenvalue weighted by molar-refractivity contribution is 6.31. The van der Waals surface area contributed by atoms with Crippen LogP contribution in [0.5, 0.6) is 0 Å². The maximum Gasteiger partial charge on any atom is 0.322 e. The highest BCUT2D eigenvalue weighted by atomic mass is 35.5. The summed E-state index contributed by atoms with van der Waals surface area (Å²) in [5.41, 5.74) is 4.61. The Labute approximate surface area is 188 Å². The third kappa shape index (κ3) is 4.45. The number of rotatable bonds is 4. The first-order valence-electron chi connectivity index (χ1n) is 10.6. The first-order chi connectivity index (χ1) is 15.0. The van der Waals surface area contributed by atoms with E-state index < -0.39 is 0 Å². The van der Waals surface area contributed by atoms with Crippen LogP contribution in [-0.2, 0) is 0 Å². The van der Waals surface area contributed by atoms with Crippen LogP contribution in [0.3, 0.4) is 0 Å². The van der Waals surface area contributed by atoms with Gasteiger partial charge in [0.15, 0.2) is 0 Å². The lowest BCUT2D eigenvalue weighted by Crippen LogP contribution is -2.50. The fourth-order valence-electron chi connectivity index (χ4n) is 4.15. The molecule has 1 atom stereocenters. The largest absolute Gasteiger partial charge is 0.322 e. The van der Waals surface area contributed by atoms with Crippen molar-refractivity contribution in [1.29, 1.82) is 0 Å². The molecule has 0 radical (unpaired) electrons. The zero-order valence-electron chi connectivity index (χ0n) is 18.2. The number of carbonyl (C=O) groups is 1. The van der Waals surface area contributed by atoms with Crippen LogP contribution in [-0.4, -0.2) is 51.8 Å². The number of anilines is 1. The summed E-state index contributed by atoms with van der Waals surface area (Å²) in [6.07, 6.45) is 0. The highest BCUT2D eigenvalue weighted by Gasteiger charge is 2.26. The average molecular weight is 438 g/mol. The summed E-state index contributed by atoms with van der Waals surface area (Å²) in [4.78, 5) is 17.2. The van der Waals surface area contributed by atoms with Crippen LogP contribution in [0.1, 0.15) is 29.9 Å². The number of halogens is 1. The first kappa shape index (κ1) is 21.4. The number of aromatic nitrogens is 2. The normalized spacial score (nSPS) is 15.7. The van der Waals surface area contributed by atoms with Gasteiger partial charge in [0.05, 0.1) is 22.8 Å². The summed E-state index contributed by atoms with van der Waals surface area (Å²) in [5.74, 6) is 0. The fourth-order valence-corrected chi connectivity index (χ4v) is 4.45. The summed E-state index contributed by atoms with van der Waals surface area (Å²) >= 11 is 6.37. The topological polar surface area (TPSA) is 53.4 Å². The van der Waals surface area contributed by atoms with Crippen LogP contribution in [0.4, 0.5) is 10.5 Å². The number of piperazine rings is 1. The molecule has 1 fully saturated rings. The van der Waals surface area contributed by atoms with Crippen molar-refractivity contribution < 1.29 is 4.79 Å². The Bertz CT molecular complexity index is 1060. The molecule has 1 aliphatic rings. The second-order valence-electron chi connectivity index (χ2n) is 7.94. The molecule has 2 heterocycles. The van der Waals surface area contributed by atoms with Gasteiger partial charge in [-0.2, -0.15) is 5.10 Å². The summed E-state index contributed by atoms with van der Waals surface area (Å²) in [7, 11) is 0. The minimum atomic E-state index is -0.0798. The molecule has 3 aromatic rings. The van der Waals surface area contributed by atoms with Gasteiger partial charge in [0.2, 0.25) is 0 Å². The van der Waals surface area contributed by atoms with Crippen molar-refractivity contribution in [3.8, 4) is 5.69 Å². The Morgan fingerprint density at radius 3 is 2.32 bits per heavy atom. The van der Waals surface area contributed by atoms with E-state index in [0.29, 0.717) is 13.1 Å². The maximum absolute atomic E-state index is 13.0. The lowest BCUT2D eigenvalue weighted by molar-refractivity contribution is 0.119. The van der Waals surface area contributed by atoms with E-state index in [1.807, 2.05) is 72.0 Å². The van der Waals surface area contributed by atoms with Crippen molar-refractivity contribution in [3.63, 3.8) is 0 Å². The molecule has 0 aliphatic carbocycles. The molecule has 7 heteroatoms. The van der Waals surface area contributed by atoms with E-state index in [9.17, 15) is 4.79 Å². The van der Waals surface area contributed by atoms with Crippen molar-refractivity contribution >= 4 is 23.3 Å². The van der Waals surface area contributed by atoms with Gasteiger partial charge >= 0.3 is 6.03 Å². The van der Waals surface area contributed by atoms with Crippen molar-refractivity contribution in [1.82, 2.24) is 19.6 Å². The summed E-state index contributed by atoms with van der Waals surface area (Å²) in [5, 5.41) is 8.49. The minimum absolute atomic E-state index is 0.0798. The molecule has 1 saturated heterocycles. The Morgan fingerprint density at radius 2 is 1.65 bits per heavy atom. The van der Waals surface area contributed by atoms with Crippen molar-refractivity contribution in [2.45, 2.75) is 26.8 Å². The Balaban J connectivity index is 1.40. The fraction of sp³-hybridized carbons (Fsp3) is 0.333. The number of hydrogen-bond donors (Lipinski definition) is 1. The zero-order chi connectivity index (χ0) is 22.0. The molecule has 2 aromatic carbocycles. The number of para-hydroxylation sites is 1.